The second-order valence-electron chi connectivity index (χ2n) is 12.8. The fourth-order valence-electron chi connectivity index (χ4n) is 6.86. The van der Waals surface area contributed by atoms with Crippen LogP contribution in [0.4, 0.5) is 5.13 Å². The zero-order valence-electron chi connectivity index (χ0n) is 25.2. The van der Waals surface area contributed by atoms with Crippen LogP contribution < -0.4 is 9.64 Å². The molecule has 4 heterocycles. The van der Waals surface area contributed by atoms with E-state index in [0.717, 1.165) is 100 Å². The van der Waals surface area contributed by atoms with E-state index in [1.165, 1.54) is 22.3 Å². The molecular formula is C34H41N5O3S. The summed E-state index contributed by atoms with van der Waals surface area (Å²) in [6, 6.07) is 13.1. The average molecular weight is 600 g/mol. The number of amides is 1. The maximum atomic E-state index is 12.4. The Morgan fingerprint density at radius 2 is 1.88 bits per heavy atom. The second-order valence-corrected chi connectivity index (χ2v) is 13.6. The summed E-state index contributed by atoms with van der Waals surface area (Å²) in [5.74, 6) is 1.91. The Labute approximate surface area is 258 Å². The van der Waals surface area contributed by atoms with Crippen molar-refractivity contribution in [3.05, 3.63) is 64.0 Å². The van der Waals surface area contributed by atoms with Gasteiger partial charge >= 0.3 is 0 Å². The lowest BCUT2D eigenvalue weighted by atomic mass is 10.00. The van der Waals surface area contributed by atoms with Gasteiger partial charge in [-0.25, -0.2) is 4.98 Å². The quantitative estimate of drug-likeness (QED) is 0.330. The first-order chi connectivity index (χ1) is 20.9. The number of hydrogen-bond donors (Lipinski definition) is 0. The van der Waals surface area contributed by atoms with Crippen LogP contribution in [0.25, 0.3) is 11.3 Å². The lowest BCUT2D eigenvalue weighted by Gasteiger charge is -2.37. The molecule has 0 radical (unpaired) electrons. The van der Waals surface area contributed by atoms with Gasteiger partial charge in [-0.2, -0.15) is 0 Å². The minimum Gasteiger partial charge on any atom is -0.488 e. The van der Waals surface area contributed by atoms with Crippen LogP contribution in [0, 0.1) is 25.7 Å². The van der Waals surface area contributed by atoms with E-state index in [4.69, 9.17) is 9.72 Å². The van der Waals surface area contributed by atoms with Crippen molar-refractivity contribution < 1.29 is 14.3 Å². The highest BCUT2D eigenvalue weighted by atomic mass is 32.1. The van der Waals surface area contributed by atoms with Crippen LogP contribution in [-0.4, -0.2) is 83.9 Å². The monoisotopic (exact) mass is 599 g/mol. The fraction of sp³-hybridized carbons (Fsp3) is 0.500. The van der Waals surface area contributed by atoms with Crippen LogP contribution >= 0.6 is 11.3 Å². The molecule has 2 aromatic carbocycles. The van der Waals surface area contributed by atoms with Crippen molar-refractivity contribution in [3.8, 4) is 17.0 Å². The molecule has 226 valence electrons. The molecule has 0 spiro atoms. The summed E-state index contributed by atoms with van der Waals surface area (Å²) in [6.07, 6.45) is 4.35. The van der Waals surface area contributed by atoms with Crippen molar-refractivity contribution in [1.29, 1.82) is 0 Å². The number of carbonyl (C=O) groups excluding carboxylic acids is 2. The van der Waals surface area contributed by atoms with E-state index in [1.807, 2.05) is 0 Å². The number of nitrogens with zero attached hydrogens (tertiary/aromatic N) is 5. The lowest BCUT2D eigenvalue weighted by molar-refractivity contribution is -0.134. The third kappa shape index (κ3) is 6.08. The Bertz CT molecular complexity index is 1480. The van der Waals surface area contributed by atoms with Gasteiger partial charge in [0, 0.05) is 68.6 Å². The van der Waals surface area contributed by atoms with Crippen LogP contribution in [0.3, 0.4) is 0 Å². The molecule has 3 atom stereocenters. The third-order valence-corrected chi connectivity index (χ3v) is 10.5. The van der Waals surface area contributed by atoms with Crippen molar-refractivity contribution >= 4 is 28.7 Å². The zero-order chi connectivity index (χ0) is 29.5. The molecule has 1 saturated carbocycles. The van der Waals surface area contributed by atoms with Crippen molar-refractivity contribution in [1.82, 2.24) is 19.7 Å². The summed E-state index contributed by atoms with van der Waals surface area (Å²) < 4.78 is 6.45. The van der Waals surface area contributed by atoms with E-state index in [9.17, 15) is 9.59 Å². The molecule has 1 amide bonds. The van der Waals surface area contributed by atoms with Gasteiger partial charge in [0.25, 0.3) is 0 Å². The van der Waals surface area contributed by atoms with Gasteiger partial charge in [-0.05, 0) is 61.9 Å². The Morgan fingerprint density at radius 3 is 2.63 bits per heavy atom. The summed E-state index contributed by atoms with van der Waals surface area (Å²) in [5, 5.41) is 3.13. The van der Waals surface area contributed by atoms with Gasteiger partial charge in [-0.1, -0.05) is 29.8 Å². The maximum absolute atomic E-state index is 12.4. The number of anilines is 1. The fourth-order valence-corrected chi connectivity index (χ4v) is 7.69. The average Bonchev–Trinajstić information content (AvgIpc) is 3.69. The van der Waals surface area contributed by atoms with Crippen molar-refractivity contribution in [2.45, 2.75) is 52.3 Å². The number of aldehydes is 1. The molecule has 3 aromatic rings. The molecule has 7 rings (SSSR count). The van der Waals surface area contributed by atoms with E-state index in [2.05, 4.69) is 75.2 Å². The Kier molecular flexibility index (Phi) is 7.97. The molecule has 3 aliphatic heterocycles. The van der Waals surface area contributed by atoms with Crippen molar-refractivity contribution in [2.24, 2.45) is 11.8 Å². The van der Waals surface area contributed by atoms with Crippen LogP contribution in [0.2, 0.25) is 0 Å². The van der Waals surface area contributed by atoms with Gasteiger partial charge in [0.2, 0.25) is 5.91 Å². The van der Waals surface area contributed by atoms with E-state index < -0.39 is 0 Å². The number of piperazine rings is 1. The van der Waals surface area contributed by atoms with Gasteiger partial charge in [0.15, 0.2) is 5.13 Å². The van der Waals surface area contributed by atoms with Crippen molar-refractivity contribution in [2.75, 3.05) is 50.8 Å². The number of aryl methyl sites for hydroxylation is 2. The first-order valence-electron chi connectivity index (χ1n) is 15.7. The number of rotatable bonds is 9. The standard InChI is InChI=1S/C34H41N5O3S/c1-23-3-8-32(29(15-23)30-21-43-34(35-30)39-18-27-9-10-38(22-39)31(27)19-40)42-20-28-5-4-25(16-24(28)2)17-36-11-13-37(14-12-36)33(41)26-6-7-26/h3-5,8,15-16,19,21,26-27,31H,6-7,9-14,17-18,20,22H2,1-2H3/t27?,31-/m0/s1. The predicted octanol–water partition coefficient (Wildman–Crippen LogP) is 4.73. The number of thiazole rings is 1. The largest absolute Gasteiger partial charge is 0.488 e. The molecule has 9 heteroatoms. The summed E-state index contributed by atoms with van der Waals surface area (Å²) in [6.45, 7) is 11.9. The SMILES string of the molecule is Cc1ccc(OCc2ccc(CN3CCN(C(=O)C4CC4)CC3)cc2C)c(-c2csc(N3CC4CCN(C3)[C@H]4C=O)n2)c1. The molecule has 4 aliphatic rings. The molecule has 2 bridgehead atoms. The molecule has 8 nitrogen and oxygen atoms in total. The highest BCUT2D eigenvalue weighted by Crippen LogP contribution is 2.38. The highest BCUT2D eigenvalue weighted by Gasteiger charge is 2.40. The summed E-state index contributed by atoms with van der Waals surface area (Å²) >= 11 is 1.67. The number of fused-ring (bicyclic) bond motifs is 2. The molecule has 0 N–H and O–H groups in total. The minimum absolute atomic E-state index is 0.0595. The summed E-state index contributed by atoms with van der Waals surface area (Å²) in [7, 11) is 0. The molecule has 43 heavy (non-hydrogen) atoms. The first-order valence-corrected chi connectivity index (χ1v) is 16.6. The first kappa shape index (κ1) is 28.5. The number of ether oxygens (including phenoxy) is 1. The van der Waals surface area contributed by atoms with E-state index in [0.29, 0.717) is 24.3 Å². The topological polar surface area (TPSA) is 69.2 Å². The van der Waals surface area contributed by atoms with Gasteiger partial charge < -0.3 is 19.3 Å². The molecule has 2 unspecified atom stereocenters. The number of carbonyl (C=O) groups is 2. The molecule has 1 aromatic heterocycles. The molecule has 3 saturated heterocycles. The Balaban J connectivity index is 0.984. The minimum atomic E-state index is 0.0595. The van der Waals surface area contributed by atoms with E-state index in [-0.39, 0.29) is 6.04 Å². The number of hydrogen-bond acceptors (Lipinski definition) is 8. The summed E-state index contributed by atoms with van der Waals surface area (Å²) in [5.41, 5.74) is 6.83. The second kappa shape index (κ2) is 12.0. The Hall–Kier alpha value is -3.27. The van der Waals surface area contributed by atoms with Gasteiger partial charge in [-0.15, -0.1) is 11.3 Å². The van der Waals surface area contributed by atoms with Gasteiger partial charge in [0.1, 0.15) is 18.6 Å². The number of benzene rings is 2. The van der Waals surface area contributed by atoms with Crippen molar-refractivity contribution in [3.63, 3.8) is 0 Å². The van der Waals surface area contributed by atoms with Crippen LogP contribution in [0.1, 0.15) is 41.5 Å². The van der Waals surface area contributed by atoms with Gasteiger partial charge in [0.05, 0.1) is 18.4 Å². The molecule has 1 aliphatic carbocycles. The normalized spacial score (nSPS) is 23.9. The molecular weight excluding hydrogens is 558 g/mol. The van der Waals surface area contributed by atoms with E-state index in [1.54, 1.807) is 11.3 Å². The summed E-state index contributed by atoms with van der Waals surface area (Å²) in [4.78, 5) is 38.1. The lowest BCUT2D eigenvalue weighted by Crippen LogP contribution is -2.51. The maximum Gasteiger partial charge on any atom is 0.225 e. The number of aromatic nitrogens is 1. The molecule has 4 fully saturated rings. The van der Waals surface area contributed by atoms with E-state index >= 15 is 0 Å². The van der Waals surface area contributed by atoms with Crippen LogP contribution in [0.15, 0.2) is 41.8 Å². The Morgan fingerprint density at radius 1 is 1.05 bits per heavy atom. The third-order valence-electron chi connectivity index (χ3n) is 9.62. The van der Waals surface area contributed by atoms with Crippen LogP contribution in [-0.2, 0) is 22.7 Å². The highest BCUT2D eigenvalue weighted by molar-refractivity contribution is 7.14. The smallest absolute Gasteiger partial charge is 0.225 e. The predicted molar refractivity (Wildman–Crippen MR) is 169 cm³/mol. The van der Waals surface area contributed by atoms with Crippen LogP contribution in [0.5, 0.6) is 5.75 Å². The van der Waals surface area contributed by atoms with Gasteiger partial charge in [-0.3, -0.25) is 14.6 Å². The zero-order valence-corrected chi connectivity index (χ0v) is 26.0.